The molecule has 2 aromatic carbocycles. The summed E-state index contributed by atoms with van der Waals surface area (Å²) in [6.45, 7) is 5.33. The highest BCUT2D eigenvalue weighted by atomic mass is 19.1. The first-order chi connectivity index (χ1) is 15.4. The fraction of sp³-hybridized carbons (Fsp3) is 0.480. The molecule has 0 radical (unpaired) electrons. The SMILES string of the molecule is CCN1c2cccc3c2N(CC1(O)O)C1CCN(CCCC(=O)c2ccc(F)cc2)CC31. The van der Waals surface area contributed by atoms with Crippen LogP contribution in [-0.2, 0) is 0 Å². The number of hydrogen-bond donors (Lipinski definition) is 2. The van der Waals surface area contributed by atoms with E-state index in [9.17, 15) is 19.4 Å². The van der Waals surface area contributed by atoms with Crippen molar-refractivity contribution in [2.45, 2.75) is 44.1 Å². The third-order valence-corrected chi connectivity index (χ3v) is 7.26. The number of fused-ring (bicyclic) bond motifs is 3. The highest BCUT2D eigenvalue weighted by Gasteiger charge is 2.50. The fourth-order valence-electron chi connectivity index (χ4n) is 5.80. The molecule has 5 rings (SSSR count). The topological polar surface area (TPSA) is 67.2 Å². The third-order valence-electron chi connectivity index (χ3n) is 7.26. The van der Waals surface area contributed by atoms with Crippen LogP contribution >= 0.6 is 0 Å². The summed E-state index contributed by atoms with van der Waals surface area (Å²) in [4.78, 5) is 18.7. The van der Waals surface area contributed by atoms with E-state index >= 15 is 0 Å². The molecule has 3 aliphatic heterocycles. The van der Waals surface area contributed by atoms with E-state index in [0.717, 1.165) is 43.9 Å². The number of hydrogen-bond acceptors (Lipinski definition) is 6. The van der Waals surface area contributed by atoms with Crippen molar-refractivity contribution in [3.8, 4) is 0 Å². The molecule has 1 saturated heterocycles. The average molecular weight is 440 g/mol. The number of likely N-dealkylation sites (tertiary alicyclic amines) is 1. The predicted molar refractivity (Wildman–Crippen MR) is 122 cm³/mol. The van der Waals surface area contributed by atoms with Crippen LogP contribution in [0, 0.1) is 5.82 Å². The Morgan fingerprint density at radius 1 is 1.19 bits per heavy atom. The smallest absolute Gasteiger partial charge is 0.265 e. The first kappa shape index (κ1) is 21.4. The molecule has 3 heterocycles. The van der Waals surface area contributed by atoms with Gasteiger partial charge in [0, 0.05) is 43.6 Å². The van der Waals surface area contributed by atoms with Crippen molar-refractivity contribution in [1.82, 2.24) is 4.90 Å². The first-order valence-electron chi connectivity index (χ1n) is 11.5. The van der Waals surface area contributed by atoms with Gasteiger partial charge in [-0.25, -0.2) is 4.39 Å². The summed E-state index contributed by atoms with van der Waals surface area (Å²) in [7, 11) is 0. The summed E-state index contributed by atoms with van der Waals surface area (Å²) in [5.41, 5.74) is 3.89. The Hall–Kier alpha value is -2.48. The van der Waals surface area contributed by atoms with Crippen LogP contribution in [0.25, 0.3) is 0 Å². The highest BCUT2D eigenvalue weighted by molar-refractivity contribution is 5.95. The maximum atomic E-state index is 13.1. The molecule has 6 nitrogen and oxygen atoms in total. The molecule has 32 heavy (non-hydrogen) atoms. The molecule has 2 atom stereocenters. The van der Waals surface area contributed by atoms with Gasteiger partial charge in [0.25, 0.3) is 5.91 Å². The van der Waals surface area contributed by atoms with Crippen molar-refractivity contribution in [2.24, 2.45) is 0 Å². The molecule has 170 valence electrons. The maximum Gasteiger partial charge on any atom is 0.265 e. The van der Waals surface area contributed by atoms with Crippen molar-refractivity contribution < 1.29 is 19.4 Å². The second kappa shape index (κ2) is 8.14. The number of rotatable bonds is 6. The van der Waals surface area contributed by atoms with Gasteiger partial charge in [0.05, 0.1) is 17.9 Å². The maximum absolute atomic E-state index is 13.1. The molecule has 3 aliphatic rings. The van der Waals surface area contributed by atoms with Gasteiger partial charge >= 0.3 is 0 Å². The lowest BCUT2D eigenvalue weighted by atomic mass is 9.89. The number of piperidine rings is 1. The normalized spacial score (nSPS) is 23.8. The number of benzene rings is 2. The lowest BCUT2D eigenvalue weighted by molar-refractivity contribution is -0.155. The number of Topliss-reactive ketones (excluding diaryl/α,β-unsaturated/α-hetero) is 1. The van der Waals surface area contributed by atoms with E-state index in [0.29, 0.717) is 24.4 Å². The molecule has 0 aliphatic carbocycles. The van der Waals surface area contributed by atoms with Crippen molar-refractivity contribution in [1.29, 1.82) is 0 Å². The van der Waals surface area contributed by atoms with Crippen LogP contribution in [0.3, 0.4) is 0 Å². The van der Waals surface area contributed by atoms with E-state index in [1.807, 2.05) is 19.1 Å². The van der Waals surface area contributed by atoms with Crippen LogP contribution in [0.15, 0.2) is 42.5 Å². The van der Waals surface area contributed by atoms with E-state index in [1.165, 1.54) is 17.7 Å². The minimum atomic E-state index is -1.87. The summed E-state index contributed by atoms with van der Waals surface area (Å²) < 4.78 is 13.1. The van der Waals surface area contributed by atoms with Crippen LogP contribution in [0.4, 0.5) is 15.8 Å². The number of ketones is 1. The average Bonchev–Trinajstić information content (AvgIpc) is 3.07. The summed E-state index contributed by atoms with van der Waals surface area (Å²) in [5, 5.41) is 21.4. The van der Waals surface area contributed by atoms with Crippen LogP contribution in [-0.4, -0.2) is 65.6 Å². The number of nitrogens with zero attached hydrogens (tertiary/aromatic N) is 3. The molecule has 2 N–H and O–H groups in total. The number of anilines is 2. The molecule has 0 amide bonds. The molecule has 0 aromatic heterocycles. The monoisotopic (exact) mass is 439 g/mol. The van der Waals surface area contributed by atoms with E-state index < -0.39 is 5.91 Å². The van der Waals surface area contributed by atoms with Crippen molar-refractivity contribution in [3.63, 3.8) is 0 Å². The Morgan fingerprint density at radius 3 is 2.72 bits per heavy atom. The predicted octanol–water partition coefficient (Wildman–Crippen LogP) is 2.95. The zero-order chi connectivity index (χ0) is 22.5. The van der Waals surface area contributed by atoms with Gasteiger partial charge in [0.1, 0.15) is 5.82 Å². The standard InChI is InChI=1S/C25H30FN3O3/c1-2-29-22-6-3-5-19-20-15-27(13-4-7-23(30)17-8-10-18(26)11-9-17)14-12-21(20)28(24(19)22)16-25(29,31)32/h3,5-6,8-11,20-21,31-32H,2,4,7,12-16H2,1H3. The lowest BCUT2D eigenvalue weighted by Gasteiger charge is -2.47. The van der Waals surface area contributed by atoms with Gasteiger partial charge in [0.15, 0.2) is 5.78 Å². The molecule has 2 aromatic rings. The van der Waals surface area contributed by atoms with Gasteiger partial charge in [-0.15, -0.1) is 0 Å². The van der Waals surface area contributed by atoms with Gasteiger partial charge in [-0.05, 0) is 62.2 Å². The minimum absolute atomic E-state index is 0.0506. The zero-order valence-electron chi connectivity index (χ0n) is 18.4. The number of carbonyl (C=O) groups excluding carboxylic acids is 1. The molecular weight excluding hydrogens is 409 g/mol. The molecule has 2 unspecified atom stereocenters. The fourth-order valence-corrected chi connectivity index (χ4v) is 5.80. The Labute approximate surface area is 187 Å². The third kappa shape index (κ3) is 3.58. The summed E-state index contributed by atoms with van der Waals surface area (Å²) >= 11 is 0. The summed E-state index contributed by atoms with van der Waals surface area (Å²) in [6, 6.07) is 12.2. The van der Waals surface area contributed by atoms with Gasteiger partial charge in [-0.1, -0.05) is 12.1 Å². The molecular formula is C25H30FN3O3. The van der Waals surface area contributed by atoms with Gasteiger partial charge in [-0.2, -0.15) is 0 Å². The number of halogens is 1. The zero-order valence-corrected chi connectivity index (χ0v) is 18.4. The summed E-state index contributed by atoms with van der Waals surface area (Å²) in [6.07, 6.45) is 2.17. The minimum Gasteiger partial charge on any atom is -0.358 e. The van der Waals surface area contributed by atoms with Crippen LogP contribution < -0.4 is 9.80 Å². The van der Waals surface area contributed by atoms with Gasteiger partial charge in [0.2, 0.25) is 0 Å². The van der Waals surface area contributed by atoms with Crippen LogP contribution in [0.2, 0.25) is 0 Å². The molecule has 0 saturated carbocycles. The Kier molecular flexibility index (Phi) is 5.43. The molecule has 7 heteroatoms. The lowest BCUT2D eigenvalue weighted by Crippen LogP contribution is -2.61. The molecule has 1 fully saturated rings. The second-order valence-corrected chi connectivity index (χ2v) is 9.16. The van der Waals surface area contributed by atoms with Crippen molar-refractivity contribution >= 4 is 17.2 Å². The Morgan fingerprint density at radius 2 is 1.97 bits per heavy atom. The number of aliphatic hydroxyl groups is 2. The number of para-hydroxylation sites is 1. The first-order valence-corrected chi connectivity index (χ1v) is 11.5. The van der Waals surface area contributed by atoms with Gasteiger partial charge in [-0.3, -0.25) is 4.79 Å². The highest BCUT2D eigenvalue weighted by Crippen LogP contribution is 2.52. The van der Waals surface area contributed by atoms with E-state index in [-0.39, 0.29) is 24.2 Å². The van der Waals surface area contributed by atoms with Crippen LogP contribution in [0.1, 0.15) is 48.0 Å². The van der Waals surface area contributed by atoms with Gasteiger partial charge < -0.3 is 24.9 Å². The second-order valence-electron chi connectivity index (χ2n) is 9.16. The largest absolute Gasteiger partial charge is 0.358 e. The van der Waals surface area contributed by atoms with Crippen molar-refractivity contribution in [3.05, 3.63) is 59.4 Å². The van der Waals surface area contributed by atoms with E-state index in [4.69, 9.17) is 0 Å². The van der Waals surface area contributed by atoms with Crippen molar-refractivity contribution in [2.75, 3.05) is 42.5 Å². The Balaban J connectivity index is 1.26. The quantitative estimate of drug-likeness (QED) is 0.533. The number of carbonyl (C=O) groups is 1. The summed E-state index contributed by atoms with van der Waals surface area (Å²) in [5.74, 6) is -1.83. The Bertz CT molecular complexity index is 1010. The molecule has 0 spiro atoms. The molecule has 0 bridgehead atoms. The number of likely N-dealkylation sites (N-methyl/N-ethyl adjacent to an activating group) is 1. The van der Waals surface area contributed by atoms with E-state index in [1.54, 1.807) is 17.0 Å². The van der Waals surface area contributed by atoms with Crippen LogP contribution in [0.5, 0.6) is 0 Å². The van der Waals surface area contributed by atoms with E-state index in [2.05, 4.69) is 15.9 Å².